The smallest absolute Gasteiger partial charge is 0.250 e. The zero-order valence-electron chi connectivity index (χ0n) is 10.6. The highest BCUT2D eigenvalue weighted by molar-refractivity contribution is 7.09. The van der Waals surface area contributed by atoms with Gasteiger partial charge in [0.15, 0.2) is 0 Å². The number of hydrogen-bond donors (Lipinski definition) is 0. The van der Waals surface area contributed by atoms with Gasteiger partial charge in [-0.25, -0.2) is 19.0 Å². The lowest BCUT2D eigenvalue weighted by molar-refractivity contribution is 0.726. The molecular weight excluding hydrogens is 260 g/mol. The van der Waals surface area contributed by atoms with Gasteiger partial charge in [-0.3, -0.25) is 0 Å². The van der Waals surface area contributed by atoms with Crippen molar-refractivity contribution in [1.29, 1.82) is 0 Å². The van der Waals surface area contributed by atoms with Crippen LogP contribution >= 0.6 is 11.3 Å². The van der Waals surface area contributed by atoms with E-state index in [1.807, 2.05) is 36.6 Å². The van der Waals surface area contributed by atoms with Crippen molar-refractivity contribution in [2.24, 2.45) is 7.05 Å². The van der Waals surface area contributed by atoms with Crippen molar-refractivity contribution < 1.29 is 0 Å². The minimum atomic E-state index is -0.155. The zero-order chi connectivity index (χ0) is 13.4. The van der Waals surface area contributed by atoms with E-state index in [2.05, 4.69) is 10.1 Å². The van der Waals surface area contributed by atoms with Crippen LogP contribution < -0.4 is 5.69 Å². The number of nitrogens with zero attached hydrogens (tertiary/aromatic N) is 4. The second-order valence-corrected chi connectivity index (χ2v) is 5.27. The van der Waals surface area contributed by atoms with Gasteiger partial charge in [0.25, 0.3) is 0 Å². The number of rotatable bonds is 2. The van der Waals surface area contributed by atoms with Crippen LogP contribution in [0.5, 0.6) is 0 Å². The summed E-state index contributed by atoms with van der Waals surface area (Å²) in [5.74, 6) is 0. The van der Waals surface area contributed by atoms with Crippen LogP contribution in [0.4, 0.5) is 0 Å². The van der Waals surface area contributed by atoms with E-state index in [-0.39, 0.29) is 5.69 Å². The average Bonchev–Trinajstić information content (AvgIpc) is 2.98. The van der Waals surface area contributed by atoms with E-state index >= 15 is 0 Å². The molecule has 0 unspecified atom stereocenters. The van der Waals surface area contributed by atoms with Gasteiger partial charge in [-0.2, -0.15) is 5.10 Å². The second kappa shape index (κ2) is 4.47. The summed E-state index contributed by atoms with van der Waals surface area (Å²) in [6.45, 7) is 1.98. The number of benzene rings is 1. The molecule has 0 N–H and O–H groups in total. The Kier molecular flexibility index (Phi) is 2.79. The highest BCUT2D eigenvalue weighted by atomic mass is 32.1. The Morgan fingerprint density at radius 1 is 1.21 bits per heavy atom. The maximum Gasteiger partial charge on any atom is 0.350 e. The van der Waals surface area contributed by atoms with Crippen molar-refractivity contribution in [3.05, 3.63) is 51.5 Å². The van der Waals surface area contributed by atoms with Gasteiger partial charge in [-0.05, 0) is 19.1 Å². The molecule has 0 radical (unpaired) electrons. The highest BCUT2D eigenvalue weighted by Crippen LogP contribution is 2.22. The predicted octanol–water partition coefficient (Wildman–Crippen LogP) is 2.00. The molecule has 19 heavy (non-hydrogen) atoms. The number of thiazole rings is 1. The molecule has 0 saturated heterocycles. The molecule has 96 valence electrons. The first-order valence-electron chi connectivity index (χ1n) is 5.79. The Balaban J connectivity index is 1.99. The van der Waals surface area contributed by atoms with Crippen LogP contribution in [0.2, 0.25) is 0 Å². The van der Waals surface area contributed by atoms with Crippen molar-refractivity contribution in [3.63, 3.8) is 0 Å². The fourth-order valence-electron chi connectivity index (χ4n) is 1.85. The highest BCUT2D eigenvalue weighted by Gasteiger charge is 2.05. The molecule has 0 bridgehead atoms. The molecule has 3 rings (SSSR count). The maximum absolute atomic E-state index is 11.8. The van der Waals surface area contributed by atoms with Crippen molar-refractivity contribution >= 4 is 11.3 Å². The molecule has 0 amide bonds. The lowest BCUT2D eigenvalue weighted by Crippen LogP contribution is -2.21. The SMILES string of the molecule is Cc1nc(-c2ccc(-n3cnn(C)c3=O)cc2)cs1. The molecule has 0 aliphatic carbocycles. The van der Waals surface area contributed by atoms with Crippen molar-refractivity contribution in [2.45, 2.75) is 6.92 Å². The van der Waals surface area contributed by atoms with E-state index in [0.29, 0.717) is 0 Å². The first-order valence-corrected chi connectivity index (χ1v) is 6.67. The van der Waals surface area contributed by atoms with Crippen molar-refractivity contribution in [1.82, 2.24) is 19.3 Å². The first kappa shape index (κ1) is 11.9. The minimum Gasteiger partial charge on any atom is -0.250 e. The van der Waals surface area contributed by atoms with Gasteiger partial charge in [-0.15, -0.1) is 11.3 Å². The van der Waals surface area contributed by atoms with Crippen LogP contribution in [0.1, 0.15) is 5.01 Å². The standard InChI is InChI=1S/C13H12N4OS/c1-9-15-12(7-19-9)10-3-5-11(6-4-10)17-8-14-16(2)13(17)18/h3-8H,1-2H3. The van der Waals surface area contributed by atoms with E-state index in [4.69, 9.17) is 0 Å². The summed E-state index contributed by atoms with van der Waals surface area (Å²) in [6.07, 6.45) is 1.52. The van der Waals surface area contributed by atoms with Gasteiger partial charge in [0.2, 0.25) is 0 Å². The molecule has 0 fully saturated rings. The van der Waals surface area contributed by atoms with Crippen LogP contribution in [0.3, 0.4) is 0 Å². The topological polar surface area (TPSA) is 52.7 Å². The van der Waals surface area contributed by atoms with Crippen molar-refractivity contribution in [2.75, 3.05) is 0 Å². The molecule has 0 aliphatic rings. The molecule has 0 atom stereocenters. The summed E-state index contributed by atoms with van der Waals surface area (Å²) in [5.41, 5.74) is 2.66. The molecule has 0 saturated carbocycles. The summed E-state index contributed by atoms with van der Waals surface area (Å²) < 4.78 is 2.81. The zero-order valence-corrected chi connectivity index (χ0v) is 11.4. The monoisotopic (exact) mass is 272 g/mol. The largest absolute Gasteiger partial charge is 0.350 e. The molecule has 3 aromatic rings. The third-order valence-electron chi connectivity index (χ3n) is 2.88. The van der Waals surface area contributed by atoms with Gasteiger partial charge in [-0.1, -0.05) is 12.1 Å². The first-order chi connectivity index (χ1) is 9.15. The van der Waals surface area contributed by atoms with E-state index in [9.17, 15) is 4.79 Å². The van der Waals surface area contributed by atoms with E-state index < -0.39 is 0 Å². The van der Waals surface area contributed by atoms with Crippen molar-refractivity contribution in [3.8, 4) is 16.9 Å². The van der Waals surface area contributed by atoms with Gasteiger partial charge in [0.05, 0.1) is 16.4 Å². The predicted molar refractivity (Wildman–Crippen MR) is 74.7 cm³/mol. The molecule has 6 heteroatoms. The fraction of sp³-hybridized carbons (Fsp3) is 0.154. The molecule has 1 aromatic carbocycles. The molecule has 0 spiro atoms. The van der Waals surface area contributed by atoms with Gasteiger partial charge in [0, 0.05) is 18.0 Å². The summed E-state index contributed by atoms with van der Waals surface area (Å²) in [7, 11) is 1.63. The van der Waals surface area contributed by atoms with Gasteiger partial charge in [0.1, 0.15) is 6.33 Å². The lowest BCUT2D eigenvalue weighted by Gasteiger charge is -2.01. The summed E-state index contributed by atoms with van der Waals surface area (Å²) in [6, 6.07) is 7.72. The lowest BCUT2D eigenvalue weighted by atomic mass is 10.1. The van der Waals surface area contributed by atoms with Gasteiger partial charge >= 0.3 is 5.69 Å². The molecule has 0 aliphatic heterocycles. The Labute approximate surface area is 113 Å². The Morgan fingerprint density at radius 2 is 1.95 bits per heavy atom. The normalized spacial score (nSPS) is 10.8. The maximum atomic E-state index is 11.8. The number of aryl methyl sites for hydroxylation is 2. The van der Waals surface area contributed by atoms with Gasteiger partial charge < -0.3 is 0 Å². The van der Waals surface area contributed by atoms with E-state index in [1.54, 1.807) is 18.4 Å². The van der Waals surface area contributed by atoms with Crippen LogP contribution in [-0.2, 0) is 7.05 Å². The quantitative estimate of drug-likeness (QED) is 0.717. The van der Waals surface area contributed by atoms with Crippen LogP contribution in [-0.4, -0.2) is 19.3 Å². The minimum absolute atomic E-state index is 0.155. The molecule has 2 aromatic heterocycles. The number of hydrogen-bond acceptors (Lipinski definition) is 4. The second-order valence-electron chi connectivity index (χ2n) is 4.21. The van der Waals surface area contributed by atoms with E-state index in [1.165, 1.54) is 15.6 Å². The fourth-order valence-corrected chi connectivity index (χ4v) is 2.47. The van der Waals surface area contributed by atoms with Crippen LogP contribution in [0.15, 0.2) is 40.8 Å². The van der Waals surface area contributed by atoms with Crippen LogP contribution in [0.25, 0.3) is 16.9 Å². The molecule has 5 nitrogen and oxygen atoms in total. The molecular formula is C13H12N4OS. The Bertz CT molecular complexity index is 767. The summed E-state index contributed by atoms with van der Waals surface area (Å²) >= 11 is 1.63. The molecule has 2 heterocycles. The average molecular weight is 272 g/mol. The third-order valence-corrected chi connectivity index (χ3v) is 3.66. The summed E-state index contributed by atoms with van der Waals surface area (Å²) in [5, 5.41) is 7.01. The summed E-state index contributed by atoms with van der Waals surface area (Å²) in [4.78, 5) is 16.2. The third kappa shape index (κ3) is 2.10. The van der Waals surface area contributed by atoms with E-state index in [0.717, 1.165) is 22.0 Å². The van der Waals surface area contributed by atoms with Crippen LogP contribution in [0, 0.1) is 6.92 Å². The number of aromatic nitrogens is 4. The Hall–Kier alpha value is -2.21. The Morgan fingerprint density at radius 3 is 2.47 bits per heavy atom.